The number of methoxy groups -OCH3 is 2. The van der Waals surface area contributed by atoms with Gasteiger partial charge in [-0.1, -0.05) is 30.3 Å². The summed E-state index contributed by atoms with van der Waals surface area (Å²) in [6.07, 6.45) is 0. The van der Waals surface area contributed by atoms with Crippen LogP contribution in [0.4, 0.5) is 5.13 Å². The van der Waals surface area contributed by atoms with Crippen LogP contribution in [0.2, 0.25) is 0 Å². The number of para-hydroxylation sites is 2. The van der Waals surface area contributed by atoms with Crippen LogP contribution in [0.15, 0.2) is 64.3 Å². The lowest BCUT2D eigenvalue weighted by Gasteiger charge is -2.26. The molecule has 0 unspecified atom stereocenters. The van der Waals surface area contributed by atoms with E-state index in [9.17, 15) is 14.7 Å². The maximum absolute atomic E-state index is 13.8. The summed E-state index contributed by atoms with van der Waals surface area (Å²) in [6, 6.07) is 13.0. The minimum absolute atomic E-state index is 0.0146. The van der Waals surface area contributed by atoms with Gasteiger partial charge in [0.25, 0.3) is 5.91 Å². The molecule has 1 atom stereocenters. The van der Waals surface area contributed by atoms with Gasteiger partial charge in [-0.25, -0.2) is 4.98 Å². The molecule has 2 aromatic carbocycles. The first-order valence-electron chi connectivity index (χ1n) is 10.8. The molecule has 0 bridgehead atoms. The number of aryl methyl sites for hydroxylation is 2. The first-order valence-corrected chi connectivity index (χ1v) is 11.6. The molecule has 35 heavy (non-hydrogen) atoms. The molecule has 1 amide bonds. The van der Waals surface area contributed by atoms with Crippen LogP contribution in [0.3, 0.4) is 0 Å². The molecule has 4 aromatic rings. The summed E-state index contributed by atoms with van der Waals surface area (Å²) < 4.78 is 16.9. The lowest BCUT2D eigenvalue weighted by Crippen LogP contribution is -2.31. The molecule has 3 heterocycles. The van der Waals surface area contributed by atoms with Crippen LogP contribution in [-0.2, 0) is 4.79 Å². The Morgan fingerprint density at radius 1 is 1.11 bits per heavy atom. The van der Waals surface area contributed by atoms with E-state index in [1.807, 2.05) is 26.0 Å². The highest BCUT2D eigenvalue weighted by atomic mass is 32.1. The fourth-order valence-corrected chi connectivity index (χ4v) is 5.18. The third kappa shape index (κ3) is 3.55. The zero-order chi connectivity index (χ0) is 24.9. The first-order chi connectivity index (χ1) is 16.8. The van der Waals surface area contributed by atoms with E-state index in [0.29, 0.717) is 27.8 Å². The molecule has 0 radical (unpaired) electrons. The number of furan rings is 1. The number of thiazole rings is 1. The van der Waals surface area contributed by atoms with Gasteiger partial charge in [-0.2, -0.15) is 0 Å². The van der Waals surface area contributed by atoms with Crippen molar-refractivity contribution < 1.29 is 28.6 Å². The standard InChI is InChI=1S/C26H22N2O6S/c1-13-14(2)35-26(27-13)28-21(16-9-7-11-18(32-3)24(16)33-4)20(23(30)25(28)31)22(29)19-12-15-8-5-6-10-17(15)34-19/h5-12,21,30H,1-4H3/t21-/m0/s1. The van der Waals surface area contributed by atoms with Crippen molar-refractivity contribution in [2.45, 2.75) is 19.9 Å². The fourth-order valence-electron chi connectivity index (χ4n) is 4.24. The Bertz CT molecular complexity index is 1460. The van der Waals surface area contributed by atoms with Crippen LogP contribution in [0.25, 0.3) is 11.0 Å². The highest BCUT2D eigenvalue weighted by Crippen LogP contribution is 2.48. The van der Waals surface area contributed by atoms with Crippen LogP contribution in [0.5, 0.6) is 11.5 Å². The Morgan fingerprint density at radius 2 is 1.89 bits per heavy atom. The number of aliphatic hydroxyl groups is 1. The summed E-state index contributed by atoms with van der Waals surface area (Å²) in [5.74, 6) is -1.21. The number of Topliss-reactive ketones (excluding diaryl/α,β-unsaturated/α-hetero) is 1. The van der Waals surface area contributed by atoms with Crippen molar-refractivity contribution in [3.05, 3.63) is 81.8 Å². The number of carbonyl (C=O) groups excluding carboxylic acids is 2. The van der Waals surface area contributed by atoms with Crippen molar-refractivity contribution in [3.8, 4) is 11.5 Å². The Kier molecular flexibility index (Phi) is 5.56. The topological polar surface area (TPSA) is 102 Å². The van der Waals surface area contributed by atoms with Crippen molar-refractivity contribution in [2.75, 3.05) is 19.1 Å². The lowest BCUT2D eigenvalue weighted by molar-refractivity contribution is -0.117. The summed E-state index contributed by atoms with van der Waals surface area (Å²) in [5, 5.41) is 12.1. The van der Waals surface area contributed by atoms with E-state index >= 15 is 0 Å². The van der Waals surface area contributed by atoms with Gasteiger partial charge in [0.15, 0.2) is 28.1 Å². The van der Waals surface area contributed by atoms with Crippen molar-refractivity contribution in [3.63, 3.8) is 0 Å². The van der Waals surface area contributed by atoms with Gasteiger partial charge in [0.05, 0.1) is 25.5 Å². The third-order valence-corrected chi connectivity index (χ3v) is 7.13. The number of anilines is 1. The van der Waals surface area contributed by atoms with Crippen LogP contribution >= 0.6 is 11.3 Å². The van der Waals surface area contributed by atoms with Gasteiger partial charge in [0, 0.05) is 15.8 Å². The number of ketones is 1. The highest BCUT2D eigenvalue weighted by molar-refractivity contribution is 7.15. The summed E-state index contributed by atoms with van der Waals surface area (Å²) >= 11 is 1.30. The third-order valence-electron chi connectivity index (χ3n) is 6.05. The maximum Gasteiger partial charge on any atom is 0.296 e. The molecule has 1 aliphatic heterocycles. The predicted molar refractivity (Wildman–Crippen MR) is 132 cm³/mol. The van der Waals surface area contributed by atoms with Crippen molar-refractivity contribution in [1.82, 2.24) is 4.98 Å². The van der Waals surface area contributed by atoms with Crippen molar-refractivity contribution in [1.29, 1.82) is 0 Å². The summed E-state index contributed by atoms with van der Waals surface area (Å²) in [7, 11) is 2.98. The second kappa shape index (κ2) is 8.59. The first kappa shape index (κ1) is 22.7. The van der Waals surface area contributed by atoms with E-state index in [4.69, 9.17) is 13.9 Å². The summed E-state index contributed by atoms with van der Waals surface area (Å²) in [4.78, 5) is 34.0. The van der Waals surface area contributed by atoms with Crippen molar-refractivity contribution in [2.24, 2.45) is 0 Å². The number of hydrogen-bond donors (Lipinski definition) is 1. The highest BCUT2D eigenvalue weighted by Gasteiger charge is 2.48. The molecular weight excluding hydrogens is 468 g/mol. The Labute approximate surface area is 205 Å². The maximum atomic E-state index is 13.8. The number of nitrogens with zero attached hydrogens (tertiary/aromatic N) is 2. The zero-order valence-electron chi connectivity index (χ0n) is 19.5. The molecule has 8 nitrogen and oxygen atoms in total. The number of benzene rings is 2. The molecule has 0 saturated carbocycles. The molecule has 1 N–H and O–H groups in total. The zero-order valence-corrected chi connectivity index (χ0v) is 20.3. The molecule has 9 heteroatoms. The minimum Gasteiger partial charge on any atom is -0.503 e. The molecule has 5 rings (SSSR count). The molecule has 0 aliphatic carbocycles. The predicted octanol–water partition coefficient (Wildman–Crippen LogP) is 5.31. The van der Waals surface area contributed by atoms with E-state index in [-0.39, 0.29) is 11.3 Å². The average molecular weight is 491 g/mol. The lowest BCUT2D eigenvalue weighted by atomic mass is 9.94. The van der Waals surface area contributed by atoms with Gasteiger partial charge < -0.3 is 19.0 Å². The molecule has 0 saturated heterocycles. The number of aromatic nitrogens is 1. The second-order valence-electron chi connectivity index (χ2n) is 8.04. The average Bonchev–Trinajstić information content (AvgIpc) is 3.52. The molecule has 1 aliphatic rings. The van der Waals surface area contributed by atoms with E-state index in [0.717, 1.165) is 16.0 Å². The molecule has 178 valence electrons. The number of aliphatic hydroxyl groups excluding tert-OH is 1. The Morgan fingerprint density at radius 3 is 2.54 bits per heavy atom. The van der Waals surface area contributed by atoms with E-state index in [1.165, 1.54) is 30.5 Å². The van der Waals surface area contributed by atoms with E-state index in [2.05, 4.69) is 4.98 Å². The Balaban J connectivity index is 1.73. The van der Waals surface area contributed by atoms with Gasteiger partial charge in [-0.3, -0.25) is 14.5 Å². The normalized spacial score (nSPS) is 15.8. The number of amides is 1. The minimum atomic E-state index is -1.02. The number of carbonyl (C=O) groups is 2. The van der Waals surface area contributed by atoms with Gasteiger partial charge in [0.2, 0.25) is 5.78 Å². The second-order valence-corrected chi connectivity index (χ2v) is 9.22. The van der Waals surface area contributed by atoms with Gasteiger partial charge >= 0.3 is 0 Å². The number of rotatable bonds is 6. The monoisotopic (exact) mass is 490 g/mol. The van der Waals surface area contributed by atoms with E-state index in [1.54, 1.807) is 36.4 Å². The van der Waals surface area contributed by atoms with Gasteiger partial charge in [0.1, 0.15) is 11.6 Å². The quantitative estimate of drug-likeness (QED) is 0.366. The smallest absolute Gasteiger partial charge is 0.296 e. The van der Waals surface area contributed by atoms with Crippen LogP contribution in [0, 0.1) is 13.8 Å². The molecule has 0 fully saturated rings. The Hall–Kier alpha value is -4.11. The van der Waals surface area contributed by atoms with Crippen molar-refractivity contribution >= 4 is 39.1 Å². The molecule has 0 spiro atoms. The SMILES string of the molecule is COc1cccc([C@H]2C(C(=O)c3cc4ccccc4o3)=C(O)C(=O)N2c2nc(C)c(C)s2)c1OC. The largest absolute Gasteiger partial charge is 0.503 e. The van der Waals surface area contributed by atoms with Gasteiger partial charge in [-0.15, -0.1) is 11.3 Å². The molecular formula is C26H22N2O6S. The number of ether oxygens (including phenoxy) is 2. The number of hydrogen-bond acceptors (Lipinski definition) is 8. The molecule has 2 aromatic heterocycles. The van der Waals surface area contributed by atoms with Crippen LogP contribution < -0.4 is 14.4 Å². The van der Waals surface area contributed by atoms with Gasteiger partial charge in [-0.05, 0) is 32.0 Å². The fraction of sp³-hybridized carbons (Fsp3) is 0.192. The van der Waals surface area contributed by atoms with Crippen LogP contribution in [0.1, 0.15) is 32.7 Å². The van der Waals surface area contributed by atoms with E-state index < -0.39 is 23.5 Å². The number of fused-ring (bicyclic) bond motifs is 1. The summed E-state index contributed by atoms with van der Waals surface area (Å²) in [5.41, 5.74) is 1.63. The van der Waals surface area contributed by atoms with Crippen LogP contribution in [-0.4, -0.2) is 36.0 Å². The summed E-state index contributed by atoms with van der Waals surface area (Å²) in [6.45, 7) is 3.73.